The molecule has 0 saturated carbocycles. The topological polar surface area (TPSA) is 46.2 Å². The fraction of sp³-hybridized carbons (Fsp3) is 0.400. The van der Waals surface area contributed by atoms with Gasteiger partial charge in [0.15, 0.2) is 0 Å². The highest BCUT2D eigenvalue weighted by Gasteiger charge is 2.12. The Morgan fingerprint density at radius 3 is 2.85 bits per heavy atom. The number of nitrogens with two attached hydrogens (primary N) is 1. The Morgan fingerprint density at radius 1 is 1.54 bits per heavy atom. The van der Waals surface area contributed by atoms with E-state index in [2.05, 4.69) is 0 Å². The summed E-state index contributed by atoms with van der Waals surface area (Å²) in [7, 11) is 0. The van der Waals surface area contributed by atoms with Gasteiger partial charge in [-0.05, 0) is 25.5 Å². The summed E-state index contributed by atoms with van der Waals surface area (Å²) in [6.45, 7) is 2.03. The van der Waals surface area contributed by atoms with Crippen molar-refractivity contribution < 1.29 is 9.50 Å². The molecule has 2 nitrogen and oxygen atoms in total. The van der Waals surface area contributed by atoms with Crippen molar-refractivity contribution in [1.29, 1.82) is 0 Å². The molecule has 0 heterocycles. The van der Waals surface area contributed by atoms with Crippen molar-refractivity contribution in [1.82, 2.24) is 0 Å². The lowest BCUT2D eigenvalue weighted by Gasteiger charge is -2.11. The van der Waals surface area contributed by atoms with Crippen molar-refractivity contribution in [3.63, 3.8) is 0 Å². The summed E-state index contributed by atoms with van der Waals surface area (Å²) in [5.41, 5.74) is 6.16. The van der Waals surface area contributed by atoms with Gasteiger partial charge in [0, 0.05) is 5.56 Å². The fourth-order valence-corrected chi connectivity index (χ4v) is 1.24. The SMILES string of the molecule is Cc1cccc(C(O)CCN)c1F. The summed E-state index contributed by atoms with van der Waals surface area (Å²) in [6.07, 6.45) is -0.398. The van der Waals surface area contributed by atoms with Crippen LogP contribution in [0.1, 0.15) is 23.7 Å². The summed E-state index contributed by atoms with van der Waals surface area (Å²) in [5, 5.41) is 9.51. The fourth-order valence-electron chi connectivity index (χ4n) is 1.24. The van der Waals surface area contributed by atoms with E-state index in [0.29, 0.717) is 24.1 Å². The van der Waals surface area contributed by atoms with Crippen LogP contribution in [0.4, 0.5) is 4.39 Å². The van der Waals surface area contributed by atoms with E-state index in [9.17, 15) is 9.50 Å². The predicted octanol–water partition coefficient (Wildman–Crippen LogP) is 1.52. The van der Waals surface area contributed by atoms with Gasteiger partial charge >= 0.3 is 0 Å². The number of aliphatic hydroxyl groups excluding tert-OH is 1. The van der Waals surface area contributed by atoms with Gasteiger partial charge in [0.1, 0.15) is 5.82 Å². The highest BCUT2D eigenvalue weighted by Crippen LogP contribution is 2.21. The molecule has 1 unspecified atom stereocenters. The van der Waals surface area contributed by atoms with Crippen LogP contribution in [-0.4, -0.2) is 11.7 Å². The highest BCUT2D eigenvalue weighted by molar-refractivity contribution is 5.26. The zero-order chi connectivity index (χ0) is 9.84. The van der Waals surface area contributed by atoms with Crippen molar-refractivity contribution in [2.75, 3.05) is 6.54 Å². The molecule has 0 aliphatic heterocycles. The van der Waals surface area contributed by atoms with Crippen molar-refractivity contribution >= 4 is 0 Å². The quantitative estimate of drug-likeness (QED) is 0.746. The van der Waals surface area contributed by atoms with Gasteiger partial charge in [0.25, 0.3) is 0 Å². The molecule has 3 heteroatoms. The zero-order valence-corrected chi connectivity index (χ0v) is 7.63. The summed E-state index contributed by atoms with van der Waals surface area (Å²) < 4.78 is 13.4. The standard InChI is InChI=1S/C10H14FNO/c1-7-3-2-4-8(10(7)11)9(13)5-6-12/h2-4,9,13H,5-6,12H2,1H3. The third-order valence-corrected chi connectivity index (χ3v) is 2.02. The minimum Gasteiger partial charge on any atom is -0.388 e. The monoisotopic (exact) mass is 183 g/mol. The Hall–Kier alpha value is -0.930. The van der Waals surface area contributed by atoms with Crippen LogP contribution in [0.3, 0.4) is 0 Å². The van der Waals surface area contributed by atoms with Gasteiger partial charge in [0.05, 0.1) is 6.10 Å². The maximum Gasteiger partial charge on any atom is 0.131 e. The molecule has 1 aromatic rings. The Morgan fingerprint density at radius 2 is 2.23 bits per heavy atom. The van der Waals surface area contributed by atoms with Crippen molar-refractivity contribution in [2.45, 2.75) is 19.4 Å². The van der Waals surface area contributed by atoms with Crippen LogP contribution < -0.4 is 5.73 Å². The van der Waals surface area contributed by atoms with E-state index < -0.39 is 6.10 Å². The molecule has 3 N–H and O–H groups in total. The van der Waals surface area contributed by atoms with Crippen LogP contribution in [0.2, 0.25) is 0 Å². The third kappa shape index (κ3) is 2.26. The molecular weight excluding hydrogens is 169 g/mol. The number of aliphatic hydroxyl groups is 1. The average molecular weight is 183 g/mol. The number of benzene rings is 1. The van der Waals surface area contributed by atoms with Crippen LogP contribution >= 0.6 is 0 Å². The van der Waals surface area contributed by atoms with Crippen molar-refractivity contribution in [3.8, 4) is 0 Å². The summed E-state index contributed by atoms with van der Waals surface area (Å²) in [4.78, 5) is 0. The smallest absolute Gasteiger partial charge is 0.131 e. The molecular formula is C10H14FNO. The Bertz CT molecular complexity index is 288. The number of aryl methyl sites for hydroxylation is 1. The van der Waals surface area contributed by atoms with Gasteiger partial charge in [-0.2, -0.15) is 0 Å². The lowest BCUT2D eigenvalue weighted by molar-refractivity contribution is 0.165. The first-order chi connectivity index (χ1) is 6.16. The molecule has 0 aliphatic carbocycles. The van der Waals surface area contributed by atoms with E-state index in [1.807, 2.05) is 0 Å². The molecule has 1 atom stereocenters. The molecule has 0 bridgehead atoms. The first-order valence-electron chi connectivity index (χ1n) is 4.30. The molecule has 0 fully saturated rings. The van der Waals surface area contributed by atoms with E-state index in [-0.39, 0.29) is 5.82 Å². The van der Waals surface area contributed by atoms with Crippen LogP contribution in [-0.2, 0) is 0 Å². The largest absolute Gasteiger partial charge is 0.388 e. The molecule has 13 heavy (non-hydrogen) atoms. The molecule has 72 valence electrons. The van der Waals surface area contributed by atoms with Gasteiger partial charge in [-0.3, -0.25) is 0 Å². The lowest BCUT2D eigenvalue weighted by atomic mass is 10.0. The summed E-state index contributed by atoms with van der Waals surface area (Å²) >= 11 is 0. The molecule has 0 amide bonds. The second kappa shape index (κ2) is 4.35. The van der Waals surface area contributed by atoms with E-state index in [1.165, 1.54) is 0 Å². The molecule has 0 spiro atoms. The predicted molar refractivity (Wildman–Crippen MR) is 49.8 cm³/mol. The minimum atomic E-state index is -0.787. The number of hydrogen-bond acceptors (Lipinski definition) is 2. The van der Waals surface area contributed by atoms with E-state index >= 15 is 0 Å². The number of rotatable bonds is 3. The van der Waals surface area contributed by atoms with Crippen molar-refractivity contribution in [2.24, 2.45) is 5.73 Å². The van der Waals surface area contributed by atoms with E-state index in [4.69, 9.17) is 5.73 Å². The number of hydrogen-bond donors (Lipinski definition) is 2. The second-order valence-corrected chi connectivity index (χ2v) is 3.07. The van der Waals surface area contributed by atoms with Crippen molar-refractivity contribution in [3.05, 3.63) is 35.1 Å². The molecule has 0 aliphatic rings. The first-order valence-corrected chi connectivity index (χ1v) is 4.30. The molecule has 0 radical (unpaired) electrons. The Balaban J connectivity index is 2.93. The molecule has 1 aromatic carbocycles. The molecule has 0 aromatic heterocycles. The van der Waals surface area contributed by atoms with Crippen LogP contribution in [0, 0.1) is 12.7 Å². The maximum absolute atomic E-state index is 13.4. The highest BCUT2D eigenvalue weighted by atomic mass is 19.1. The van der Waals surface area contributed by atoms with E-state index in [0.717, 1.165) is 0 Å². The average Bonchev–Trinajstić information content (AvgIpc) is 2.10. The van der Waals surface area contributed by atoms with E-state index in [1.54, 1.807) is 25.1 Å². The number of halogens is 1. The maximum atomic E-state index is 13.4. The molecule has 1 rings (SSSR count). The van der Waals surface area contributed by atoms with Gasteiger partial charge in [-0.1, -0.05) is 18.2 Å². The first kappa shape index (κ1) is 10.2. The van der Waals surface area contributed by atoms with Gasteiger partial charge in [0.2, 0.25) is 0 Å². The molecule has 0 saturated heterocycles. The summed E-state index contributed by atoms with van der Waals surface area (Å²) in [5.74, 6) is -0.330. The summed E-state index contributed by atoms with van der Waals surface area (Å²) in [6, 6.07) is 4.99. The van der Waals surface area contributed by atoms with Gasteiger partial charge in [-0.25, -0.2) is 4.39 Å². The Kier molecular flexibility index (Phi) is 3.39. The normalized spacial score (nSPS) is 12.9. The van der Waals surface area contributed by atoms with Gasteiger partial charge in [-0.15, -0.1) is 0 Å². The van der Waals surface area contributed by atoms with Crippen LogP contribution in [0.25, 0.3) is 0 Å². The van der Waals surface area contributed by atoms with Crippen LogP contribution in [0.5, 0.6) is 0 Å². The minimum absolute atomic E-state index is 0.330. The van der Waals surface area contributed by atoms with Gasteiger partial charge < -0.3 is 10.8 Å². The Labute approximate surface area is 77.2 Å². The van der Waals surface area contributed by atoms with Crippen LogP contribution in [0.15, 0.2) is 18.2 Å². The third-order valence-electron chi connectivity index (χ3n) is 2.02. The second-order valence-electron chi connectivity index (χ2n) is 3.07. The zero-order valence-electron chi connectivity index (χ0n) is 7.63. The lowest BCUT2D eigenvalue weighted by Crippen LogP contribution is -2.08.